The summed E-state index contributed by atoms with van der Waals surface area (Å²) in [5, 5.41) is 7.33. The molecule has 1 aliphatic heterocycles. The lowest BCUT2D eigenvalue weighted by molar-refractivity contribution is -0.0102. The van der Waals surface area contributed by atoms with Crippen LogP contribution in [0.15, 0.2) is 36.9 Å². The zero-order valence-electron chi connectivity index (χ0n) is 19.8. The number of hydrogen-bond acceptors (Lipinski definition) is 5. The van der Waals surface area contributed by atoms with Gasteiger partial charge in [-0.2, -0.15) is 5.10 Å². The number of rotatable bonds is 4. The van der Waals surface area contributed by atoms with Gasteiger partial charge in [-0.15, -0.1) is 0 Å². The van der Waals surface area contributed by atoms with E-state index >= 15 is 0 Å². The van der Waals surface area contributed by atoms with Crippen molar-refractivity contribution in [2.45, 2.75) is 46.0 Å². The molecule has 10 heteroatoms. The largest absolute Gasteiger partial charge is 0.356 e. The normalized spacial score (nSPS) is 15.2. The first-order valence-electron chi connectivity index (χ1n) is 11.3. The summed E-state index contributed by atoms with van der Waals surface area (Å²) in [5.74, 6) is -2.80. The lowest BCUT2D eigenvalue weighted by Crippen LogP contribution is -2.30. The Kier molecular flexibility index (Phi) is 8.19. The van der Waals surface area contributed by atoms with Gasteiger partial charge in [-0.3, -0.25) is 14.5 Å². The number of aromatic nitrogens is 4. The zero-order chi connectivity index (χ0) is 24.9. The Morgan fingerprint density at radius 1 is 1.18 bits per heavy atom. The summed E-state index contributed by atoms with van der Waals surface area (Å²) in [5.41, 5.74) is 2.50. The van der Waals surface area contributed by atoms with Crippen LogP contribution in [-0.4, -0.2) is 44.7 Å². The first kappa shape index (κ1) is 25.6. The molecule has 0 unspecified atom stereocenters. The molecule has 1 saturated heterocycles. The van der Waals surface area contributed by atoms with E-state index in [1.807, 2.05) is 13.8 Å². The maximum atomic E-state index is 14.0. The second-order valence-electron chi connectivity index (χ2n) is 7.89. The van der Waals surface area contributed by atoms with Crippen LogP contribution in [0.1, 0.15) is 49.0 Å². The van der Waals surface area contributed by atoms with Crippen molar-refractivity contribution < 1.29 is 13.6 Å². The molecule has 1 aliphatic rings. The van der Waals surface area contributed by atoms with E-state index in [-0.39, 0.29) is 24.9 Å². The SMILES string of the molecule is CC.Cc1c(Cl)c(-c2cnn(C)c2)nc(N2CCCC(F)(F)CC2)c1C(=O)Nc1ccncc1. The molecular formula is C24H29ClF2N6O. The summed E-state index contributed by atoms with van der Waals surface area (Å²) >= 11 is 6.65. The molecule has 4 heterocycles. The molecule has 0 aromatic carbocycles. The van der Waals surface area contributed by atoms with E-state index in [1.54, 1.807) is 60.5 Å². The van der Waals surface area contributed by atoms with Gasteiger partial charge < -0.3 is 10.2 Å². The number of hydrogen-bond donors (Lipinski definition) is 1. The molecule has 4 rings (SSSR count). The third kappa shape index (κ3) is 5.70. The number of pyridine rings is 2. The van der Waals surface area contributed by atoms with Crippen LogP contribution in [0, 0.1) is 6.92 Å². The predicted molar refractivity (Wildman–Crippen MR) is 131 cm³/mol. The third-order valence-electron chi connectivity index (χ3n) is 5.51. The van der Waals surface area contributed by atoms with E-state index < -0.39 is 11.8 Å². The average Bonchev–Trinajstić information content (AvgIpc) is 3.16. The molecule has 0 atom stereocenters. The highest BCUT2D eigenvalue weighted by atomic mass is 35.5. The van der Waals surface area contributed by atoms with Crippen LogP contribution in [0.25, 0.3) is 11.3 Å². The summed E-state index contributed by atoms with van der Waals surface area (Å²) < 4.78 is 29.7. The number of nitrogens with zero attached hydrogens (tertiary/aromatic N) is 5. The molecule has 0 radical (unpaired) electrons. The number of halogens is 3. The molecule has 3 aromatic heterocycles. The molecule has 1 fully saturated rings. The van der Waals surface area contributed by atoms with Gasteiger partial charge in [0.25, 0.3) is 5.91 Å². The molecule has 0 spiro atoms. The van der Waals surface area contributed by atoms with Crippen molar-refractivity contribution in [3.8, 4) is 11.3 Å². The maximum Gasteiger partial charge on any atom is 0.259 e. The van der Waals surface area contributed by atoms with Gasteiger partial charge in [0.1, 0.15) is 5.82 Å². The van der Waals surface area contributed by atoms with Gasteiger partial charge in [-0.1, -0.05) is 25.4 Å². The van der Waals surface area contributed by atoms with Crippen molar-refractivity contribution in [3.63, 3.8) is 0 Å². The first-order chi connectivity index (χ1) is 16.2. The van der Waals surface area contributed by atoms with Gasteiger partial charge in [0, 0.05) is 62.8 Å². The molecule has 7 nitrogen and oxygen atoms in total. The van der Waals surface area contributed by atoms with Crippen LogP contribution in [0.4, 0.5) is 20.3 Å². The van der Waals surface area contributed by atoms with E-state index in [1.165, 1.54) is 0 Å². The fourth-order valence-electron chi connectivity index (χ4n) is 3.81. The number of alkyl halides is 2. The van der Waals surface area contributed by atoms with Gasteiger partial charge in [0.2, 0.25) is 5.92 Å². The molecule has 0 saturated carbocycles. The van der Waals surface area contributed by atoms with Crippen molar-refractivity contribution in [2.24, 2.45) is 7.05 Å². The van der Waals surface area contributed by atoms with E-state index in [4.69, 9.17) is 16.6 Å². The number of anilines is 2. The highest BCUT2D eigenvalue weighted by molar-refractivity contribution is 6.34. The third-order valence-corrected chi connectivity index (χ3v) is 5.98. The standard InChI is InChI=1S/C22H23ClF2N6O.C2H6/c1-14-17(21(32)28-16-4-8-26-9-5-16)20(31-10-3-6-22(24,25)7-11-31)29-19(18(14)23)15-12-27-30(2)13-15;1-2/h4-5,8-9,12-13H,3,6-7,10-11H2,1-2H3,(H,26,28,32);1-2H3. The lowest BCUT2D eigenvalue weighted by atomic mass is 10.0. The Hall–Kier alpha value is -3.07. The fraction of sp³-hybridized carbons (Fsp3) is 0.417. The Balaban J connectivity index is 0.00000158. The monoisotopic (exact) mass is 490 g/mol. The van der Waals surface area contributed by atoms with E-state index in [2.05, 4.69) is 15.4 Å². The average molecular weight is 491 g/mol. The van der Waals surface area contributed by atoms with Gasteiger partial charge in [0.05, 0.1) is 22.5 Å². The summed E-state index contributed by atoms with van der Waals surface area (Å²) in [6.07, 6.45) is 6.33. The minimum absolute atomic E-state index is 0.0864. The van der Waals surface area contributed by atoms with Crippen molar-refractivity contribution in [1.29, 1.82) is 0 Å². The maximum absolute atomic E-state index is 14.0. The highest BCUT2D eigenvalue weighted by Crippen LogP contribution is 2.37. The summed E-state index contributed by atoms with van der Waals surface area (Å²) in [7, 11) is 1.78. The zero-order valence-corrected chi connectivity index (χ0v) is 20.5. The van der Waals surface area contributed by atoms with Crippen molar-refractivity contribution in [3.05, 3.63) is 53.1 Å². The van der Waals surface area contributed by atoms with Crippen LogP contribution in [0.2, 0.25) is 5.02 Å². The molecule has 182 valence electrons. The number of amides is 1. The number of nitrogens with one attached hydrogen (secondary N) is 1. The van der Waals surface area contributed by atoms with Gasteiger partial charge >= 0.3 is 0 Å². The van der Waals surface area contributed by atoms with Crippen LogP contribution in [0.3, 0.4) is 0 Å². The van der Waals surface area contributed by atoms with Crippen LogP contribution in [0.5, 0.6) is 0 Å². The Morgan fingerprint density at radius 2 is 1.88 bits per heavy atom. The molecule has 34 heavy (non-hydrogen) atoms. The molecule has 0 aliphatic carbocycles. The highest BCUT2D eigenvalue weighted by Gasteiger charge is 2.34. The van der Waals surface area contributed by atoms with Crippen LogP contribution < -0.4 is 10.2 Å². The van der Waals surface area contributed by atoms with Crippen LogP contribution in [-0.2, 0) is 7.05 Å². The van der Waals surface area contributed by atoms with Gasteiger partial charge in [0.15, 0.2) is 0 Å². The minimum Gasteiger partial charge on any atom is -0.356 e. The molecular weight excluding hydrogens is 462 g/mol. The lowest BCUT2D eigenvalue weighted by Gasteiger charge is -2.26. The van der Waals surface area contributed by atoms with Crippen molar-refractivity contribution >= 4 is 29.0 Å². The first-order valence-corrected chi connectivity index (χ1v) is 11.7. The number of aryl methyl sites for hydroxylation is 1. The molecule has 1 N–H and O–H groups in total. The van der Waals surface area contributed by atoms with Crippen LogP contribution >= 0.6 is 11.6 Å². The van der Waals surface area contributed by atoms with Crippen molar-refractivity contribution in [1.82, 2.24) is 19.7 Å². The second-order valence-corrected chi connectivity index (χ2v) is 8.27. The topological polar surface area (TPSA) is 75.9 Å². The van der Waals surface area contributed by atoms with Gasteiger partial charge in [-0.05, 0) is 31.0 Å². The molecule has 3 aromatic rings. The van der Waals surface area contributed by atoms with Crippen molar-refractivity contribution in [2.75, 3.05) is 23.3 Å². The van der Waals surface area contributed by atoms with E-state index in [0.29, 0.717) is 46.3 Å². The Morgan fingerprint density at radius 3 is 2.53 bits per heavy atom. The fourth-order valence-corrected chi connectivity index (χ4v) is 4.05. The smallest absolute Gasteiger partial charge is 0.259 e. The number of carbonyl (C=O) groups is 1. The number of carbonyl (C=O) groups excluding carboxylic acids is 1. The molecule has 0 bridgehead atoms. The minimum atomic E-state index is -2.73. The Labute approximate surface area is 203 Å². The summed E-state index contributed by atoms with van der Waals surface area (Å²) in [6, 6.07) is 3.33. The van der Waals surface area contributed by atoms with Gasteiger partial charge in [-0.25, -0.2) is 13.8 Å². The summed E-state index contributed by atoms with van der Waals surface area (Å²) in [6.45, 7) is 6.19. The summed E-state index contributed by atoms with van der Waals surface area (Å²) in [4.78, 5) is 23.7. The predicted octanol–water partition coefficient (Wildman–Crippen LogP) is 5.74. The Bertz CT molecular complexity index is 1140. The van der Waals surface area contributed by atoms with E-state index in [0.717, 1.165) is 0 Å². The second kappa shape index (κ2) is 10.9. The quantitative estimate of drug-likeness (QED) is 0.504. The molecule has 1 amide bonds. The van der Waals surface area contributed by atoms with E-state index in [9.17, 15) is 13.6 Å².